The van der Waals surface area contributed by atoms with Crippen molar-refractivity contribution in [1.29, 1.82) is 0 Å². The van der Waals surface area contributed by atoms with Crippen molar-refractivity contribution in [2.75, 3.05) is 14.2 Å². The average molecular weight is 240 g/mol. The first kappa shape index (κ1) is 12.8. The summed E-state index contributed by atoms with van der Waals surface area (Å²) in [6, 6.07) is 2.78. The summed E-state index contributed by atoms with van der Waals surface area (Å²) in [7, 11) is 2.69. The van der Waals surface area contributed by atoms with Gasteiger partial charge in [0, 0.05) is 6.42 Å². The summed E-state index contributed by atoms with van der Waals surface area (Å²) < 4.78 is 9.76. The Morgan fingerprint density at radius 3 is 2.00 bits per heavy atom. The van der Waals surface area contributed by atoms with Crippen LogP contribution in [0.5, 0.6) is 17.2 Å². The topological polar surface area (TPSA) is 93.1 Å². The van der Waals surface area contributed by atoms with Gasteiger partial charge in [-0.1, -0.05) is 0 Å². The van der Waals surface area contributed by atoms with Gasteiger partial charge in [-0.25, -0.2) is 4.79 Å². The number of carbonyl (C=O) groups excluding carboxylic acids is 1. The monoisotopic (exact) mass is 240 g/mol. The molecule has 0 heterocycles. The van der Waals surface area contributed by atoms with Crippen LogP contribution in [0.4, 0.5) is 0 Å². The Labute approximate surface area is 97.4 Å². The van der Waals surface area contributed by atoms with Crippen LogP contribution in [-0.4, -0.2) is 36.2 Å². The number of carboxylic acid groups (broad SMARTS) is 1. The summed E-state index contributed by atoms with van der Waals surface area (Å²) >= 11 is 0. The van der Waals surface area contributed by atoms with E-state index in [1.54, 1.807) is 0 Å². The van der Waals surface area contributed by atoms with Crippen molar-refractivity contribution < 1.29 is 29.3 Å². The number of ether oxygens (including phenoxy) is 2. The largest absolute Gasteiger partial charge is 0.502 e. The molecule has 6 nitrogen and oxygen atoms in total. The van der Waals surface area contributed by atoms with E-state index in [2.05, 4.69) is 0 Å². The molecule has 0 aliphatic carbocycles. The Kier molecular flexibility index (Phi) is 3.92. The minimum atomic E-state index is -1.50. The predicted molar refractivity (Wildman–Crippen MR) is 57.6 cm³/mol. The first-order valence-electron chi connectivity index (χ1n) is 4.69. The lowest BCUT2D eigenvalue weighted by atomic mass is 10.1. The molecule has 1 aromatic rings. The number of carbonyl (C=O) groups is 2. The van der Waals surface area contributed by atoms with Crippen molar-refractivity contribution in [3.63, 3.8) is 0 Å². The minimum Gasteiger partial charge on any atom is -0.502 e. The summed E-state index contributed by atoms with van der Waals surface area (Å²) in [6.45, 7) is 0. The third kappa shape index (κ3) is 2.87. The van der Waals surface area contributed by atoms with Gasteiger partial charge in [0.2, 0.25) is 11.5 Å². The molecule has 0 aliphatic rings. The van der Waals surface area contributed by atoms with E-state index >= 15 is 0 Å². The quantitative estimate of drug-likeness (QED) is 0.732. The van der Waals surface area contributed by atoms with Gasteiger partial charge in [0.15, 0.2) is 11.5 Å². The van der Waals surface area contributed by atoms with Crippen LogP contribution in [0.2, 0.25) is 0 Å². The summed E-state index contributed by atoms with van der Waals surface area (Å²) in [4.78, 5) is 21.5. The molecule has 1 aromatic carbocycles. The number of aromatic hydroxyl groups is 1. The summed E-state index contributed by atoms with van der Waals surface area (Å²) in [5, 5.41) is 18.1. The van der Waals surface area contributed by atoms with E-state index in [0.717, 1.165) is 0 Å². The van der Waals surface area contributed by atoms with Crippen LogP contribution in [0.25, 0.3) is 0 Å². The fourth-order valence-electron chi connectivity index (χ4n) is 1.31. The van der Waals surface area contributed by atoms with Gasteiger partial charge in [-0.3, -0.25) is 4.79 Å². The normalized spacial score (nSPS) is 9.76. The number of hydrogen-bond acceptors (Lipinski definition) is 5. The van der Waals surface area contributed by atoms with Crippen LogP contribution in [0.3, 0.4) is 0 Å². The molecule has 2 N–H and O–H groups in total. The third-order valence-corrected chi connectivity index (χ3v) is 2.14. The van der Waals surface area contributed by atoms with E-state index in [0.29, 0.717) is 5.56 Å². The predicted octanol–water partition coefficient (Wildman–Crippen LogP) is 0.606. The SMILES string of the molecule is COc1cc(CC(=O)C(=O)O)cc(OC)c1O. The standard InChI is InChI=1S/C11H12O6/c1-16-8-4-6(3-7(12)11(14)15)5-9(17-2)10(8)13/h4-5,13H,3H2,1-2H3,(H,14,15). The van der Waals surface area contributed by atoms with Crippen LogP contribution in [0.1, 0.15) is 5.56 Å². The van der Waals surface area contributed by atoms with Gasteiger partial charge in [0.1, 0.15) is 0 Å². The van der Waals surface area contributed by atoms with Gasteiger partial charge in [-0.2, -0.15) is 0 Å². The zero-order valence-electron chi connectivity index (χ0n) is 9.39. The highest BCUT2D eigenvalue weighted by Crippen LogP contribution is 2.37. The first-order valence-corrected chi connectivity index (χ1v) is 4.69. The second-order valence-corrected chi connectivity index (χ2v) is 3.25. The number of phenolic OH excluding ortho intramolecular Hbond substituents is 1. The zero-order valence-corrected chi connectivity index (χ0v) is 9.39. The molecule has 0 bridgehead atoms. The number of rotatable bonds is 5. The molecule has 0 radical (unpaired) electrons. The Morgan fingerprint density at radius 2 is 1.65 bits per heavy atom. The van der Waals surface area contributed by atoms with E-state index in [1.165, 1.54) is 26.4 Å². The lowest BCUT2D eigenvalue weighted by molar-refractivity contribution is -0.148. The average Bonchev–Trinajstić information content (AvgIpc) is 2.30. The molecule has 0 unspecified atom stereocenters. The molecule has 0 spiro atoms. The van der Waals surface area contributed by atoms with E-state index in [1.807, 2.05) is 0 Å². The molecule has 1 rings (SSSR count). The number of Topliss-reactive ketones (excluding diaryl/α,β-unsaturated/α-hetero) is 1. The molecule has 0 fully saturated rings. The van der Waals surface area contributed by atoms with Crippen molar-refractivity contribution in [1.82, 2.24) is 0 Å². The fourth-order valence-corrected chi connectivity index (χ4v) is 1.31. The number of phenols is 1. The van der Waals surface area contributed by atoms with Gasteiger partial charge < -0.3 is 19.7 Å². The van der Waals surface area contributed by atoms with E-state index < -0.39 is 11.8 Å². The van der Waals surface area contributed by atoms with Crippen molar-refractivity contribution in [2.45, 2.75) is 6.42 Å². The maximum Gasteiger partial charge on any atom is 0.372 e. The molecule has 0 atom stereocenters. The van der Waals surface area contributed by atoms with Crippen LogP contribution < -0.4 is 9.47 Å². The first-order chi connectivity index (χ1) is 7.99. The van der Waals surface area contributed by atoms with Crippen molar-refractivity contribution >= 4 is 11.8 Å². The lowest BCUT2D eigenvalue weighted by Crippen LogP contribution is -2.15. The molecule has 92 valence electrons. The van der Waals surface area contributed by atoms with Crippen molar-refractivity contribution in [3.8, 4) is 17.2 Å². The molecular weight excluding hydrogens is 228 g/mol. The Morgan fingerprint density at radius 1 is 1.18 bits per heavy atom. The molecule has 0 saturated carbocycles. The number of benzene rings is 1. The smallest absolute Gasteiger partial charge is 0.372 e. The third-order valence-electron chi connectivity index (χ3n) is 2.14. The second-order valence-electron chi connectivity index (χ2n) is 3.25. The van der Waals surface area contributed by atoms with Crippen molar-refractivity contribution in [3.05, 3.63) is 17.7 Å². The highest BCUT2D eigenvalue weighted by atomic mass is 16.5. The summed E-state index contributed by atoms with van der Waals surface area (Å²) in [5.74, 6) is -2.40. The van der Waals surface area contributed by atoms with Crippen LogP contribution in [0.15, 0.2) is 12.1 Å². The van der Waals surface area contributed by atoms with Crippen LogP contribution >= 0.6 is 0 Å². The minimum absolute atomic E-state index is 0.123. The maximum absolute atomic E-state index is 11.1. The van der Waals surface area contributed by atoms with E-state index in [4.69, 9.17) is 14.6 Å². The number of ketones is 1. The Bertz CT molecular complexity index is 426. The lowest BCUT2D eigenvalue weighted by Gasteiger charge is -2.10. The molecule has 0 amide bonds. The Balaban J connectivity index is 3.09. The Hall–Kier alpha value is -2.24. The van der Waals surface area contributed by atoms with E-state index in [9.17, 15) is 14.7 Å². The number of aliphatic carboxylic acids is 1. The zero-order chi connectivity index (χ0) is 13.0. The molecule has 6 heteroatoms. The highest BCUT2D eigenvalue weighted by molar-refractivity contribution is 6.33. The fraction of sp³-hybridized carbons (Fsp3) is 0.273. The number of hydrogen-bond donors (Lipinski definition) is 2. The summed E-state index contributed by atoms with van der Waals surface area (Å²) in [5.41, 5.74) is 0.393. The molecule has 0 aromatic heterocycles. The molecule has 0 aliphatic heterocycles. The number of carboxylic acids is 1. The highest BCUT2D eigenvalue weighted by Gasteiger charge is 2.16. The van der Waals surface area contributed by atoms with Gasteiger partial charge in [0.25, 0.3) is 0 Å². The maximum atomic E-state index is 11.1. The van der Waals surface area contributed by atoms with Crippen LogP contribution in [0, 0.1) is 0 Å². The second kappa shape index (κ2) is 5.20. The van der Waals surface area contributed by atoms with Crippen molar-refractivity contribution in [2.24, 2.45) is 0 Å². The molecule has 17 heavy (non-hydrogen) atoms. The van der Waals surface area contributed by atoms with Crippen LogP contribution in [-0.2, 0) is 16.0 Å². The number of methoxy groups -OCH3 is 2. The summed E-state index contributed by atoms with van der Waals surface area (Å²) in [6.07, 6.45) is -0.289. The van der Waals surface area contributed by atoms with E-state index in [-0.39, 0.29) is 23.7 Å². The van der Waals surface area contributed by atoms with Gasteiger partial charge in [-0.05, 0) is 17.7 Å². The molecule has 0 saturated heterocycles. The molecular formula is C11H12O6. The van der Waals surface area contributed by atoms with Gasteiger partial charge in [-0.15, -0.1) is 0 Å². The van der Waals surface area contributed by atoms with Gasteiger partial charge >= 0.3 is 5.97 Å². The van der Waals surface area contributed by atoms with Gasteiger partial charge in [0.05, 0.1) is 14.2 Å².